The number of sulfonamides is 1. The van der Waals surface area contributed by atoms with Crippen LogP contribution in [0.2, 0.25) is 0 Å². The third-order valence-corrected chi connectivity index (χ3v) is 6.34. The molecule has 1 saturated carbocycles. The molecule has 1 aromatic rings. The Morgan fingerprint density at radius 2 is 2.16 bits per heavy atom. The van der Waals surface area contributed by atoms with Crippen LogP contribution in [0, 0.1) is 0 Å². The largest absolute Gasteiger partial charge is 0.324 e. The van der Waals surface area contributed by atoms with Crippen molar-refractivity contribution < 1.29 is 8.42 Å². The molecule has 1 unspecified atom stereocenters. The van der Waals surface area contributed by atoms with E-state index in [2.05, 4.69) is 4.72 Å². The van der Waals surface area contributed by atoms with Crippen LogP contribution < -0.4 is 10.5 Å². The van der Waals surface area contributed by atoms with Crippen LogP contribution >= 0.6 is 11.8 Å². The Hall–Kier alpha value is -0.560. The minimum absolute atomic E-state index is 0.117. The van der Waals surface area contributed by atoms with Crippen LogP contribution in [-0.4, -0.2) is 26.0 Å². The molecule has 106 valence electrons. The molecular formula is C13H20N2O2S2. The predicted molar refractivity (Wildman–Crippen MR) is 79.7 cm³/mol. The topological polar surface area (TPSA) is 72.2 Å². The minimum Gasteiger partial charge on any atom is -0.324 e. The van der Waals surface area contributed by atoms with Crippen molar-refractivity contribution in [1.82, 2.24) is 4.72 Å². The van der Waals surface area contributed by atoms with Gasteiger partial charge in [0.05, 0.1) is 4.90 Å². The summed E-state index contributed by atoms with van der Waals surface area (Å²) in [5.41, 5.74) is 6.61. The smallest absolute Gasteiger partial charge is 0.240 e. The highest BCUT2D eigenvalue weighted by Crippen LogP contribution is 2.46. The van der Waals surface area contributed by atoms with E-state index in [0.29, 0.717) is 11.4 Å². The molecule has 0 radical (unpaired) electrons. The van der Waals surface area contributed by atoms with Crippen molar-refractivity contribution in [1.29, 1.82) is 0 Å². The van der Waals surface area contributed by atoms with Gasteiger partial charge in [0.15, 0.2) is 0 Å². The number of hydrogen-bond acceptors (Lipinski definition) is 4. The molecule has 6 heteroatoms. The lowest BCUT2D eigenvalue weighted by molar-refractivity contribution is 0.579. The fraction of sp³-hybridized carbons (Fsp3) is 0.538. The van der Waals surface area contributed by atoms with Crippen LogP contribution in [0.15, 0.2) is 29.2 Å². The second-order valence-electron chi connectivity index (χ2n) is 5.07. The first-order valence-corrected chi connectivity index (χ1v) is 9.00. The Morgan fingerprint density at radius 3 is 2.68 bits per heavy atom. The molecular weight excluding hydrogens is 280 g/mol. The third-order valence-electron chi connectivity index (χ3n) is 3.52. The van der Waals surface area contributed by atoms with Gasteiger partial charge >= 0.3 is 0 Å². The van der Waals surface area contributed by atoms with Crippen molar-refractivity contribution in [2.75, 3.05) is 12.8 Å². The van der Waals surface area contributed by atoms with Crippen LogP contribution in [0.4, 0.5) is 0 Å². The van der Waals surface area contributed by atoms with E-state index in [9.17, 15) is 8.42 Å². The number of hydrogen-bond donors (Lipinski definition) is 2. The van der Waals surface area contributed by atoms with E-state index >= 15 is 0 Å². The lowest BCUT2D eigenvalue weighted by Crippen LogP contribution is -2.31. The minimum atomic E-state index is -3.44. The van der Waals surface area contributed by atoms with Gasteiger partial charge in [0.1, 0.15) is 0 Å². The Bertz CT molecular complexity index is 552. The van der Waals surface area contributed by atoms with E-state index in [0.717, 1.165) is 18.4 Å². The van der Waals surface area contributed by atoms with Gasteiger partial charge in [-0.2, -0.15) is 11.8 Å². The van der Waals surface area contributed by atoms with E-state index in [-0.39, 0.29) is 10.8 Å². The lowest BCUT2D eigenvalue weighted by Gasteiger charge is -2.14. The molecule has 0 saturated heterocycles. The first-order valence-electron chi connectivity index (χ1n) is 6.29. The molecule has 19 heavy (non-hydrogen) atoms. The van der Waals surface area contributed by atoms with E-state index < -0.39 is 10.0 Å². The molecule has 3 N–H and O–H groups in total. The van der Waals surface area contributed by atoms with Gasteiger partial charge in [0, 0.05) is 17.3 Å². The van der Waals surface area contributed by atoms with Crippen molar-refractivity contribution in [3.8, 4) is 0 Å². The van der Waals surface area contributed by atoms with Gasteiger partial charge in [0.2, 0.25) is 10.0 Å². The molecule has 0 bridgehead atoms. The molecule has 0 aromatic heterocycles. The predicted octanol–water partition coefficient (Wildman–Crippen LogP) is 1.88. The molecule has 1 fully saturated rings. The summed E-state index contributed by atoms with van der Waals surface area (Å²) in [7, 11) is -3.44. The fourth-order valence-electron chi connectivity index (χ4n) is 1.87. The summed E-state index contributed by atoms with van der Waals surface area (Å²) >= 11 is 1.74. The fourth-order valence-corrected chi connectivity index (χ4v) is 3.87. The molecule has 0 heterocycles. The molecule has 4 nitrogen and oxygen atoms in total. The van der Waals surface area contributed by atoms with E-state index in [1.165, 1.54) is 0 Å². The summed E-state index contributed by atoms with van der Waals surface area (Å²) in [4.78, 5) is 0.291. The third kappa shape index (κ3) is 3.51. The molecule has 0 spiro atoms. The Morgan fingerprint density at radius 1 is 1.47 bits per heavy atom. The van der Waals surface area contributed by atoms with Gasteiger partial charge in [-0.15, -0.1) is 0 Å². The summed E-state index contributed by atoms with van der Waals surface area (Å²) in [6.07, 6.45) is 4.19. The number of thioether (sulfide) groups is 1. The van der Waals surface area contributed by atoms with E-state index in [1.807, 2.05) is 19.2 Å². The van der Waals surface area contributed by atoms with Crippen molar-refractivity contribution in [2.45, 2.75) is 35.4 Å². The normalized spacial score (nSPS) is 19.1. The van der Waals surface area contributed by atoms with Crippen LogP contribution in [0.5, 0.6) is 0 Å². The van der Waals surface area contributed by atoms with Gasteiger partial charge in [-0.05, 0) is 43.7 Å². The Kier molecular flexibility index (Phi) is 4.25. The van der Waals surface area contributed by atoms with Gasteiger partial charge in [-0.25, -0.2) is 13.1 Å². The first kappa shape index (κ1) is 14.8. The standard InChI is InChI=1S/C13H20N2O2S2/c1-10(14)11-4-3-5-12(8-11)19(16,17)15-9-13(18-2)6-7-13/h3-5,8,10,15H,6-7,9,14H2,1-2H3. The van der Waals surface area contributed by atoms with Crippen LogP contribution in [-0.2, 0) is 10.0 Å². The summed E-state index contributed by atoms with van der Waals surface area (Å²) in [6, 6.07) is 6.65. The number of benzene rings is 1. The summed E-state index contributed by atoms with van der Waals surface area (Å²) < 4.78 is 27.3. The highest BCUT2D eigenvalue weighted by Gasteiger charge is 2.42. The zero-order valence-corrected chi connectivity index (χ0v) is 12.9. The molecule has 0 aliphatic heterocycles. The van der Waals surface area contributed by atoms with Crippen molar-refractivity contribution in [3.63, 3.8) is 0 Å². The molecule has 1 atom stereocenters. The van der Waals surface area contributed by atoms with Crippen molar-refractivity contribution in [2.24, 2.45) is 5.73 Å². The van der Waals surface area contributed by atoms with Gasteiger partial charge < -0.3 is 5.73 Å². The van der Waals surface area contributed by atoms with Crippen molar-refractivity contribution in [3.05, 3.63) is 29.8 Å². The average molecular weight is 300 g/mol. The molecule has 1 aromatic carbocycles. The first-order chi connectivity index (χ1) is 8.88. The molecule has 2 rings (SSSR count). The molecule has 1 aliphatic carbocycles. The quantitative estimate of drug-likeness (QED) is 0.841. The maximum atomic E-state index is 12.2. The van der Waals surface area contributed by atoms with Gasteiger partial charge in [0.25, 0.3) is 0 Å². The monoisotopic (exact) mass is 300 g/mol. The summed E-state index contributed by atoms with van der Waals surface area (Å²) in [5.74, 6) is 0. The number of rotatable bonds is 6. The highest BCUT2D eigenvalue weighted by atomic mass is 32.2. The lowest BCUT2D eigenvalue weighted by atomic mass is 10.1. The van der Waals surface area contributed by atoms with Gasteiger partial charge in [-0.3, -0.25) is 0 Å². The zero-order valence-electron chi connectivity index (χ0n) is 11.2. The maximum Gasteiger partial charge on any atom is 0.240 e. The SMILES string of the molecule is CSC1(CNS(=O)(=O)c2cccc(C(C)N)c2)CC1. The number of nitrogens with one attached hydrogen (secondary N) is 1. The van der Waals surface area contributed by atoms with E-state index in [4.69, 9.17) is 5.73 Å². The second-order valence-corrected chi connectivity index (χ2v) is 8.11. The average Bonchev–Trinajstić information content (AvgIpc) is 3.17. The maximum absolute atomic E-state index is 12.2. The highest BCUT2D eigenvalue weighted by molar-refractivity contribution is 8.00. The Balaban J connectivity index is 2.13. The van der Waals surface area contributed by atoms with Gasteiger partial charge in [-0.1, -0.05) is 12.1 Å². The summed E-state index contributed by atoms with van der Waals surface area (Å²) in [5, 5.41) is 0. The van der Waals surface area contributed by atoms with E-state index in [1.54, 1.807) is 30.0 Å². The van der Waals surface area contributed by atoms with Crippen LogP contribution in [0.3, 0.4) is 0 Å². The zero-order chi connectivity index (χ0) is 14.1. The number of nitrogens with two attached hydrogens (primary N) is 1. The molecule has 0 amide bonds. The second kappa shape index (κ2) is 5.44. The van der Waals surface area contributed by atoms with Crippen molar-refractivity contribution >= 4 is 21.8 Å². The summed E-state index contributed by atoms with van der Waals surface area (Å²) in [6.45, 7) is 2.34. The van der Waals surface area contributed by atoms with Crippen LogP contribution in [0.25, 0.3) is 0 Å². The Labute approximate surface area is 119 Å². The van der Waals surface area contributed by atoms with Crippen LogP contribution in [0.1, 0.15) is 31.4 Å². The molecule has 1 aliphatic rings.